The molecule has 0 fully saturated rings. The summed E-state index contributed by atoms with van der Waals surface area (Å²) >= 11 is 0. The van der Waals surface area contributed by atoms with Crippen LogP contribution < -0.4 is 5.73 Å². The van der Waals surface area contributed by atoms with Gasteiger partial charge in [0.25, 0.3) is 0 Å². The highest BCUT2D eigenvalue weighted by molar-refractivity contribution is 5.19. The average molecular weight is 224 g/mol. The Morgan fingerprint density at radius 3 is 2.44 bits per heavy atom. The third-order valence-corrected chi connectivity index (χ3v) is 3.23. The number of hydrogen-bond acceptors (Lipinski definition) is 3. The largest absolute Gasteiger partial charge is 0.463 e. The van der Waals surface area contributed by atoms with Gasteiger partial charge in [-0.15, -0.1) is 0 Å². The van der Waals surface area contributed by atoms with Gasteiger partial charge in [-0.1, -0.05) is 13.8 Å². The predicted molar refractivity (Wildman–Crippen MR) is 67.2 cm³/mol. The SMILES string of the molecule is CCC(CC)N(C)Cc1cc(C)c(CN)o1. The van der Waals surface area contributed by atoms with E-state index in [0.29, 0.717) is 12.6 Å². The van der Waals surface area contributed by atoms with Crippen molar-refractivity contribution in [3.8, 4) is 0 Å². The average Bonchev–Trinajstić information content (AvgIpc) is 2.60. The first-order valence-corrected chi connectivity index (χ1v) is 6.10. The van der Waals surface area contributed by atoms with Crippen molar-refractivity contribution in [2.24, 2.45) is 5.73 Å². The molecular weight excluding hydrogens is 200 g/mol. The highest BCUT2D eigenvalue weighted by Gasteiger charge is 2.13. The molecule has 0 radical (unpaired) electrons. The molecule has 16 heavy (non-hydrogen) atoms. The van der Waals surface area contributed by atoms with Gasteiger partial charge in [0.05, 0.1) is 13.1 Å². The first-order valence-electron chi connectivity index (χ1n) is 6.10. The summed E-state index contributed by atoms with van der Waals surface area (Å²) in [6.45, 7) is 7.85. The molecule has 0 spiro atoms. The maximum absolute atomic E-state index is 5.71. The summed E-state index contributed by atoms with van der Waals surface area (Å²) in [6, 6.07) is 2.73. The van der Waals surface area contributed by atoms with E-state index >= 15 is 0 Å². The van der Waals surface area contributed by atoms with Crippen LogP contribution in [0.15, 0.2) is 10.5 Å². The summed E-state index contributed by atoms with van der Waals surface area (Å²) in [6.07, 6.45) is 2.35. The van der Waals surface area contributed by atoms with Gasteiger partial charge in [-0.2, -0.15) is 0 Å². The third-order valence-electron chi connectivity index (χ3n) is 3.23. The van der Waals surface area contributed by atoms with Gasteiger partial charge in [0, 0.05) is 6.04 Å². The van der Waals surface area contributed by atoms with Crippen molar-refractivity contribution in [1.82, 2.24) is 4.90 Å². The highest BCUT2D eigenvalue weighted by atomic mass is 16.3. The van der Waals surface area contributed by atoms with Gasteiger partial charge in [-0.25, -0.2) is 0 Å². The first kappa shape index (κ1) is 13.3. The number of nitrogens with zero attached hydrogens (tertiary/aromatic N) is 1. The molecule has 0 unspecified atom stereocenters. The summed E-state index contributed by atoms with van der Waals surface area (Å²) in [7, 11) is 2.15. The van der Waals surface area contributed by atoms with Gasteiger partial charge >= 0.3 is 0 Å². The van der Waals surface area contributed by atoms with Gasteiger partial charge in [0.15, 0.2) is 0 Å². The maximum Gasteiger partial charge on any atom is 0.120 e. The van der Waals surface area contributed by atoms with Crippen LogP contribution in [0.1, 0.15) is 43.8 Å². The van der Waals surface area contributed by atoms with E-state index in [1.54, 1.807) is 0 Å². The van der Waals surface area contributed by atoms with E-state index in [4.69, 9.17) is 10.2 Å². The molecular formula is C13H24N2O. The minimum absolute atomic E-state index is 0.487. The third kappa shape index (κ3) is 3.09. The normalized spacial score (nSPS) is 11.7. The molecule has 2 N–H and O–H groups in total. The van der Waals surface area contributed by atoms with Crippen LogP contribution in [0.3, 0.4) is 0 Å². The molecule has 0 aliphatic heterocycles. The molecule has 1 aromatic rings. The molecule has 3 heteroatoms. The maximum atomic E-state index is 5.71. The van der Waals surface area contributed by atoms with Gasteiger partial charge in [0.1, 0.15) is 11.5 Å². The van der Waals surface area contributed by atoms with Crippen LogP contribution in [-0.2, 0) is 13.1 Å². The molecule has 0 saturated heterocycles. The van der Waals surface area contributed by atoms with Gasteiger partial charge in [-0.05, 0) is 38.4 Å². The van der Waals surface area contributed by atoms with Gasteiger partial charge in [-0.3, -0.25) is 4.90 Å². The standard InChI is InChI=1S/C13H24N2O/c1-5-11(6-2)15(4)9-12-7-10(3)13(8-14)16-12/h7,11H,5-6,8-9,14H2,1-4H3. The van der Waals surface area contributed by atoms with E-state index in [1.807, 2.05) is 6.92 Å². The minimum Gasteiger partial charge on any atom is -0.463 e. The lowest BCUT2D eigenvalue weighted by molar-refractivity contribution is 0.204. The molecule has 0 amide bonds. The Kier molecular flexibility index (Phi) is 5.03. The molecule has 1 heterocycles. The Hall–Kier alpha value is -0.800. The van der Waals surface area contributed by atoms with Crippen LogP contribution in [0.5, 0.6) is 0 Å². The van der Waals surface area contributed by atoms with Crippen LogP contribution in [0.4, 0.5) is 0 Å². The monoisotopic (exact) mass is 224 g/mol. The minimum atomic E-state index is 0.487. The molecule has 1 aromatic heterocycles. The van der Waals surface area contributed by atoms with Crippen molar-refractivity contribution in [3.63, 3.8) is 0 Å². The number of aryl methyl sites for hydroxylation is 1. The van der Waals surface area contributed by atoms with E-state index in [1.165, 1.54) is 12.8 Å². The van der Waals surface area contributed by atoms with Gasteiger partial charge in [0.2, 0.25) is 0 Å². The zero-order valence-corrected chi connectivity index (χ0v) is 10.9. The Morgan fingerprint density at radius 2 is 2.00 bits per heavy atom. The zero-order chi connectivity index (χ0) is 12.1. The second kappa shape index (κ2) is 6.06. The fourth-order valence-corrected chi connectivity index (χ4v) is 2.16. The van der Waals surface area contributed by atoms with Crippen molar-refractivity contribution < 1.29 is 4.42 Å². The molecule has 0 saturated carbocycles. The van der Waals surface area contributed by atoms with Crippen LogP contribution in [0.2, 0.25) is 0 Å². The van der Waals surface area contributed by atoms with Crippen LogP contribution >= 0.6 is 0 Å². The lowest BCUT2D eigenvalue weighted by atomic mass is 10.1. The molecule has 0 aromatic carbocycles. The zero-order valence-electron chi connectivity index (χ0n) is 10.9. The summed E-state index contributed by atoms with van der Waals surface area (Å²) in [4.78, 5) is 2.35. The smallest absolute Gasteiger partial charge is 0.120 e. The van der Waals surface area contributed by atoms with Crippen molar-refractivity contribution >= 4 is 0 Å². The second-order valence-electron chi connectivity index (χ2n) is 4.41. The lowest BCUT2D eigenvalue weighted by Crippen LogP contribution is -2.29. The van der Waals surface area contributed by atoms with Crippen molar-refractivity contribution in [3.05, 3.63) is 23.2 Å². The number of nitrogens with two attached hydrogens (primary N) is 1. The predicted octanol–water partition coefficient (Wildman–Crippen LogP) is 2.67. The topological polar surface area (TPSA) is 42.4 Å². The summed E-state index contributed by atoms with van der Waals surface area (Å²) in [5.74, 6) is 1.93. The lowest BCUT2D eigenvalue weighted by Gasteiger charge is -2.24. The van der Waals surface area contributed by atoms with Crippen LogP contribution in [0.25, 0.3) is 0 Å². The number of hydrogen-bond donors (Lipinski definition) is 1. The van der Waals surface area contributed by atoms with E-state index in [-0.39, 0.29) is 0 Å². The van der Waals surface area contributed by atoms with E-state index in [9.17, 15) is 0 Å². The van der Waals surface area contributed by atoms with E-state index < -0.39 is 0 Å². The fourth-order valence-electron chi connectivity index (χ4n) is 2.16. The van der Waals surface area contributed by atoms with Crippen molar-refractivity contribution in [1.29, 1.82) is 0 Å². The Balaban J connectivity index is 2.65. The summed E-state index contributed by atoms with van der Waals surface area (Å²) < 4.78 is 5.71. The number of furan rings is 1. The molecule has 0 bridgehead atoms. The highest BCUT2D eigenvalue weighted by Crippen LogP contribution is 2.17. The van der Waals surface area contributed by atoms with Crippen LogP contribution in [-0.4, -0.2) is 18.0 Å². The Bertz CT molecular complexity index is 316. The molecule has 3 nitrogen and oxygen atoms in total. The molecule has 0 atom stereocenters. The van der Waals surface area contributed by atoms with Gasteiger partial charge < -0.3 is 10.2 Å². The first-order chi connectivity index (χ1) is 7.62. The summed E-state index contributed by atoms with van der Waals surface area (Å²) in [5.41, 5.74) is 6.76. The number of rotatable bonds is 6. The van der Waals surface area contributed by atoms with Crippen molar-refractivity contribution in [2.75, 3.05) is 7.05 Å². The fraction of sp³-hybridized carbons (Fsp3) is 0.692. The molecule has 0 aliphatic rings. The Morgan fingerprint density at radius 1 is 1.38 bits per heavy atom. The Labute approximate surface area is 98.6 Å². The van der Waals surface area contributed by atoms with Crippen LogP contribution in [0, 0.1) is 6.92 Å². The van der Waals surface area contributed by atoms with E-state index in [2.05, 4.69) is 31.9 Å². The molecule has 1 rings (SSSR count). The quantitative estimate of drug-likeness (QED) is 0.807. The van der Waals surface area contributed by atoms with E-state index in [0.717, 1.165) is 23.6 Å². The summed E-state index contributed by atoms with van der Waals surface area (Å²) in [5, 5.41) is 0. The second-order valence-corrected chi connectivity index (χ2v) is 4.41. The van der Waals surface area contributed by atoms with Crippen molar-refractivity contribution in [2.45, 2.75) is 52.7 Å². The molecule has 0 aliphatic carbocycles. The molecule has 92 valence electrons.